The molecular formula is C13H16O5. The van der Waals surface area contributed by atoms with Crippen molar-refractivity contribution in [2.75, 3.05) is 7.11 Å². The molecule has 0 fully saturated rings. The summed E-state index contributed by atoms with van der Waals surface area (Å²) >= 11 is 0. The summed E-state index contributed by atoms with van der Waals surface area (Å²) in [5.41, 5.74) is 1.96. The number of carbonyl (C=O) groups is 2. The first-order chi connectivity index (χ1) is 8.43. The number of aliphatic hydroxyl groups is 1. The van der Waals surface area contributed by atoms with Gasteiger partial charge in [-0.15, -0.1) is 0 Å². The molecule has 5 heteroatoms. The molecule has 2 N–H and O–H groups in total. The van der Waals surface area contributed by atoms with Crippen LogP contribution >= 0.6 is 0 Å². The highest BCUT2D eigenvalue weighted by Crippen LogP contribution is 2.18. The van der Waals surface area contributed by atoms with E-state index in [4.69, 9.17) is 5.11 Å². The first kappa shape index (κ1) is 14.2. The Balaban J connectivity index is 2.87. The van der Waals surface area contributed by atoms with Gasteiger partial charge in [-0.2, -0.15) is 0 Å². The van der Waals surface area contributed by atoms with E-state index in [9.17, 15) is 14.7 Å². The van der Waals surface area contributed by atoms with Gasteiger partial charge < -0.3 is 14.9 Å². The lowest BCUT2D eigenvalue weighted by atomic mass is 10.00. The normalized spacial score (nSPS) is 11.9. The van der Waals surface area contributed by atoms with Gasteiger partial charge in [-0.25, -0.2) is 4.79 Å². The number of esters is 1. The molecule has 1 rings (SSSR count). The fourth-order valence-corrected chi connectivity index (χ4v) is 1.69. The molecular weight excluding hydrogens is 236 g/mol. The molecule has 1 unspecified atom stereocenters. The van der Waals surface area contributed by atoms with E-state index >= 15 is 0 Å². The summed E-state index contributed by atoms with van der Waals surface area (Å²) in [6.07, 6.45) is -0.863. The van der Waals surface area contributed by atoms with Crippen molar-refractivity contribution < 1.29 is 24.5 Å². The van der Waals surface area contributed by atoms with Crippen molar-refractivity contribution in [3.05, 3.63) is 34.9 Å². The molecule has 0 aliphatic rings. The molecule has 0 amide bonds. The Kier molecular flexibility index (Phi) is 4.85. The summed E-state index contributed by atoms with van der Waals surface area (Å²) < 4.78 is 4.54. The molecule has 1 aromatic carbocycles. The first-order valence-corrected chi connectivity index (χ1v) is 5.52. The number of aliphatic hydroxyl groups excluding tert-OH is 1. The zero-order chi connectivity index (χ0) is 13.7. The summed E-state index contributed by atoms with van der Waals surface area (Å²) in [6.45, 7) is 1.81. The standard InChI is InChI=1S/C13H16O5/c1-8-5-9(3-4-11(14)18-2)7-10(6-8)12(15)13(16)17/h5-7,12,15H,3-4H2,1-2H3,(H,16,17). The van der Waals surface area contributed by atoms with E-state index < -0.39 is 12.1 Å². The predicted molar refractivity (Wildman–Crippen MR) is 64.1 cm³/mol. The quantitative estimate of drug-likeness (QED) is 0.770. The number of ether oxygens (including phenoxy) is 1. The number of carbonyl (C=O) groups excluding carboxylic acids is 1. The lowest BCUT2D eigenvalue weighted by Crippen LogP contribution is -2.11. The number of rotatable bonds is 5. The Bertz CT molecular complexity index is 453. The number of aliphatic carboxylic acids is 1. The first-order valence-electron chi connectivity index (χ1n) is 5.52. The monoisotopic (exact) mass is 252 g/mol. The molecule has 0 bridgehead atoms. The van der Waals surface area contributed by atoms with Gasteiger partial charge >= 0.3 is 11.9 Å². The van der Waals surface area contributed by atoms with Gasteiger partial charge in [-0.05, 0) is 24.5 Å². The molecule has 98 valence electrons. The van der Waals surface area contributed by atoms with Crippen LogP contribution in [0.4, 0.5) is 0 Å². The number of benzene rings is 1. The molecule has 18 heavy (non-hydrogen) atoms. The topological polar surface area (TPSA) is 83.8 Å². The van der Waals surface area contributed by atoms with E-state index in [1.807, 2.05) is 6.07 Å². The van der Waals surface area contributed by atoms with E-state index in [1.54, 1.807) is 19.1 Å². The van der Waals surface area contributed by atoms with Crippen LogP contribution in [0.5, 0.6) is 0 Å². The second kappa shape index (κ2) is 6.16. The smallest absolute Gasteiger partial charge is 0.337 e. The van der Waals surface area contributed by atoms with Crippen LogP contribution in [0, 0.1) is 6.92 Å². The minimum Gasteiger partial charge on any atom is -0.479 e. The number of hydrogen-bond donors (Lipinski definition) is 2. The molecule has 0 aliphatic heterocycles. The van der Waals surface area contributed by atoms with Crippen molar-refractivity contribution in [3.8, 4) is 0 Å². The second-order valence-electron chi connectivity index (χ2n) is 4.07. The predicted octanol–water partition coefficient (Wildman–Crippen LogP) is 1.22. The number of hydrogen-bond acceptors (Lipinski definition) is 4. The number of aryl methyl sites for hydroxylation is 2. The number of methoxy groups -OCH3 is 1. The van der Waals surface area contributed by atoms with E-state index in [2.05, 4.69) is 4.74 Å². The van der Waals surface area contributed by atoms with Crippen molar-refractivity contribution in [1.82, 2.24) is 0 Å². The van der Waals surface area contributed by atoms with Gasteiger partial charge in [0.05, 0.1) is 7.11 Å². The highest BCUT2D eigenvalue weighted by Gasteiger charge is 2.16. The van der Waals surface area contributed by atoms with Crippen molar-refractivity contribution >= 4 is 11.9 Å². The Morgan fingerprint density at radius 3 is 2.56 bits per heavy atom. The Morgan fingerprint density at radius 1 is 1.33 bits per heavy atom. The van der Waals surface area contributed by atoms with Crippen LogP contribution in [-0.4, -0.2) is 29.3 Å². The van der Waals surface area contributed by atoms with Crippen molar-refractivity contribution in [1.29, 1.82) is 0 Å². The van der Waals surface area contributed by atoms with Gasteiger partial charge in [-0.1, -0.05) is 23.8 Å². The van der Waals surface area contributed by atoms with Gasteiger partial charge in [0.1, 0.15) is 0 Å². The zero-order valence-electron chi connectivity index (χ0n) is 10.3. The van der Waals surface area contributed by atoms with Gasteiger partial charge in [0.15, 0.2) is 6.10 Å². The molecule has 0 radical (unpaired) electrons. The summed E-state index contributed by atoms with van der Waals surface area (Å²) in [7, 11) is 1.32. The lowest BCUT2D eigenvalue weighted by molar-refractivity contribution is -0.147. The fourth-order valence-electron chi connectivity index (χ4n) is 1.69. The molecule has 0 saturated heterocycles. The van der Waals surface area contributed by atoms with Gasteiger partial charge in [-0.3, -0.25) is 4.79 Å². The molecule has 0 aromatic heterocycles. The van der Waals surface area contributed by atoms with E-state index in [-0.39, 0.29) is 12.4 Å². The minimum atomic E-state index is -1.54. The highest BCUT2D eigenvalue weighted by atomic mass is 16.5. The maximum atomic E-state index is 11.0. The summed E-state index contributed by atoms with van der Waals surface area (Å²) in [5, 5.41) is 18.2. The average molecular weight is 252 g/mol. The fraction of sp³-hybridized carbons (Fsp3) is 0.385. The van der Waals surface area contributed by atoms with Crippen molar-refractivity contribution in [3.63, 3.8) is 0 Å². The zero-order valence-corrected chi connectivity index (χ0v) is 10.3. The molecule has 0 spiro atoms. The van der Waals surface area contributed by atoms with Crippen LogP contribution in [0.25, 0.3) is 0 Å². The third-order valence-electron chi connectivity index (χ3n) is 2.55. The van der Waals surface area contributed by atoms with E-state index in [1.165, 1.54) is 7.11 Å². The maximum Gasteiger partial charge on any atom is 0.337 e. The minimum absolute atomic E-state index is 0.225. The number of carboxylic acids is 1. The van der Waals surface area contributed by atoms with Crippen LogP contribution < -0.4 is 0 Å². The van der Waals surface area contributed by atoms with Crippen LogP contribution in [0.1, 0.15) is 29.2 Å². The van der Waals surface area contributed by atoms with Crippen LogP contribution in [-0.2, 0) is 20.7 Å². The van der Waals surface area contributed by atoms with Crippen LogP contribution in [0.3, 0.4) is 0 Å². The molecule has 1 atom stereocenters. The Morgan fingerprint density at radius 2 is 2.00 bits per heavy atom. The van der Waals surface area contributed by atoms with E-state index in [0.717, 1.165) is 11.1 Å². The Labute approximate surface area is 105 Å². The third-order valence-corrected chi connectivity index (χ3v) is 2.55. The Hall–Kier alpha value is -1.88. The summed E-state index contributed by atoms with van der Waals surface area (Å²) in [4.78, 5) is 21.7. The third kappa shape index (κ3) is 3.85. The highest BCUT2D eigenvalue weighted by molar-refractivity contribution is 5.74. The molecule has 0 aliphatic carbocycles. The van der Waals surface area contributed by atoms with Crippen molar-refractivity contribution in [2.45, 2.75) is 25.9 Å². The SMILES string of the molecule is COC(=O)CCc1cc(C)cc(C(O)C(=O)O)c1. The lowest BCUT2D eigenvalue weighted by Gasteiger charge is -2.10. The molecule has 1 aromatic rings. The van der Waals surface area contributed by atoms with Gasteiger partial charge in [0.25, 0.3) is 0 Å². The van der Waals surface area contributed by atoms with Crippen LogP contribution in [0.15, 0.2) is 18.2 Å². The molecule has 0 saturated carbocycles. The maximum absolute atomic E-state index is 11.0. The number of carboxylic acid groups (broad SMARTS) is 1. The molecule has 0 heterocycles. The van der Waals surface area contributed by atoms with Gasteiger partial charge in [0.2, 0.25) is 0 Å². The summed E-state index contributed by atoms with van der Waals surface area (Å²) in [5.74, 6) is -1.61. The molecule has 5 nitrogen and oxygen atoms in total. The van der Waals surface area contributed by atoms with E-state index in [0.29, 0.717) is 12.0 Å². The second-order valence-corrected chi connectivity index (χ2v) is 4.07. The summed E-state index contributed by atoms with van der Waals surface area (Å²) in [6, 6.07) is 5.05. The van der Waals surface area contributed by atoms with Crippen molar-refractivity contribution in [2.24, 2.45) is 0 Å². The van der Waals surface area contributed by atoms with Gasteiger partial charge in [0, 0.05) is 6.42 Å². The average Bonchev–Trinajstić information content (AvgIpc) is 2.34. The largest absolute Gasteiger partial charge is 0.479 e. The van der Waals surface area contributed by atoms with Crippen LogP contribution in [0.2, 0.25) is 0 Å².